The molecule has 0 saturated heterocycles. The molecule has 0 amide bonds. The minimum Gasteiger partial charge on any atom is -0.493 e. The molecule has 1 aliphatic rings. The van der Waals surface area contributed by atoms with Crippen LogP contribution in [0.3, 0.4) is 0 Å². The van der Waals surface area contributed by atoms with E-state index in [9.17, 15) is 5.11 Å². The predicted molar refractivity (Wildman–Crippen MR) is 84.9 cm³/mol. The normalized spacial score (nSPS) is 17.2. The molecule has 1 aromatic carbocycles. The van der Waals surface area contributed by atoms with Crippen molar-refractivity contribution in [1.82, 2.24) is 5.32 Å². The molecular weight excluding hydrogens is 264 g/mol. The first-order chi connectivity index (χ1) is 10.2. The van der Waals surface area contributed by atoms with Crippen LogP contribution in [0.25, 0.3) is 0 Å². The minimum absolute atomic E-state index is 0.294. The molecule has 116 valence electrons. The van der Waals surface area contributed by atoms with Gasteiger partial charge >= 0.3 is 0 Å². The van der Waals surface area contributed by atoms with Crippen LogP contribution in [0, 0.1) is 11.3 Å². The van der Waals surface area contributed by atoms with Crippen molar-refractivity contribution in [3.63, 3.8) is 0 Å². The van der Waals surface area contributed by atoms with Crippen molar-refractivity contribution in [3.05, 3.63) is 29.8 Å². The molecule has 0 aliphatic heterocycles. The van der Waals surface area contributed by atoms with E-state index < -0.39 is 6.10 Å². The third-order valence-corrected chi connectivity index (χ3v) is 4.15. The van der Waals surface area contributed by atoms with E-state index >= 15 is 0 Å². The third-order valence-electron chi connectivity index (χ3n) is 4.15. The van der Waals surface area contributed by atoms with Gasteiger partial charge in [0.15, 0.2) is 0 Å². The first kappa shape index (κ1) is 15.8. The average molecular weight is 290 g/mol. The largest absolute Gasteiger partial charge is 0.493 e. The zero-order valence-corrected chi connectivity index (χ0v) is 12.8. The van der Waals surface area contributed by atoms with Gasteiger partial charge in [0.25, 0.3) is 0 Å². The lowest BCUT2D eigenvalue weighted by molar-refractivity contribution is 0.183. The standard InChI is InChI=1S/C17H26N2O2/c1-19-17(18)11-16(20)14-8-5-9-15(10-14)21-12-13-6-3-2-4-7-13/h5,8-10,13,16,20H,2-4,6-7,11-12H2,1H3,(H2,18,19). The van der Waals surface area contributed by atoms with Gasteiger partial charge in [-0.25, -0.2) is 0 Å². The fraction of sp³-hybridized carbons (Fsp3) is 0.588. The summed E-state index contributed by atoms with van der Waals surface area (Å²) in [4.78, 5) is 0. The summed E-state index contributed by atoms with van der Waals surface area (Å²) in [6.45, 7) is 0.770. The number of hydrogen-bond acceptors (Lipinski definition) is 3. The van der Waals surface area contributed by atoms with E-state index in [1.165, 1.54) is 32.1 Å². The molecule has 0 bridgehead atoms. The molecule has 0 aromatic heterocycles. The van der Waals surface area contributed by atoms with Gasteiger partial charge in [0.2, 0.25) is 0 Å². The van der Waals surface area contributed by atoms with Crippen molar-refractivity contribution >= 4 is 5.84 Å². The van der Waals surface area contributed by atoms with Crippen LogP contribution in [0.15, 0.2) is 24.3 Å². The number of aliphatic hydroxyl groups excluding tert-OH is 1. The number of ether oxygens (including phenoxy) is 1. The van der Waals surface area contributed by atoms with Crippen molar-refractivity contribution in [3.8, 4) is 5.75 Å². The molecule has 21 heavy (non-hydrogen) atoms. The summed E-state index contributed by atoms with van der Waals surface area (Å²) < 4.78 is 5.89. The lowest BCUT2D eigenvalue weighted by Gasteiger charge is -2.22. The van der Waals surface area contributed by atoms with Crippen LogP contribution in [0.5, 0.6) is 5.75 Å². The Morgan fingerprint density at radius 1 is 1.38 bits per heavy atom. The van der Waals surface area contributed by atoms with Gasteiger partial charge in [0.05, 0.1) is 18.5 Å². The molecule has 1 aliphatic carbocycles. The fourth-order valence-corrected chi connectivity index (χ4v) is 2.79. The minimum atomic E-state index is -0.664. The van der Waals surface area contributed by atoms with E-state index in [1.54, 1.807) is 7.05 Å². The molecule has 3 N–H and O–H groups in total. The van der Waals surface area contributed by atoms with Gasteiger partial charge < -0.3 is 15.2 Å². The summed E-state index contributed by atoms with van der Waals surface area (Å²) in [6.07, 6.45) is 6.16. The van der Waals surface area contributed by atoms with E-state index in [1.807, 2.05) is 24.3 Å². The van der Waals surface area contributed by atoms with Gasteiger partial charge in [-0.1, -0.05) is 31.4 Å². The Morgan fingerprint density at radius 2 is 2.14 bits per heavy atom. The van der Waals surface area contributed by atoms with Gasteiger partial charge in [0, 0.05) is 13.5 Å². The highest BCUT2D eigenvalue weighted by atomic mass is 16.5. The highest BCUT2D eigenvalue weighted by molar-refractivity contribution is 5.79. The Kier molecular flexibility index (Phi) is 6.05. The summed E-state index contributed by atoms with van der Waals surface area (Å²) in [6, 6.07) is 7.59. The van der Waals surface area contributed by atoms with Crippen molar-refractivity contribution in [2.45, 2.75) is 44.6 Å². The van der Waals surface area contributed by atoms with Gasteiger partial charge in [-0.3, -0.25) is 5.41 Å². The Labute approximate surface area is 127 Å². The summed E-state index contributed by atoms with van der Waals surface area (Å²) in [5, 5.41) is 20.5. The molecule has 1 unspecified atom stereocenters. The number of hydrogen-bond donors (Lipinski definition) is 3. The first-order valence-electron chi connectivity index (χ1n) is 7.85. The zero-order chi connectivity index (χ0) is 15.1. The summed E-state index contributed by atoms with van der Waals surface area (Å²) >= 11 is 0. The van der Waals surface area contributed by atoms with Gasteiger partial charge in [-0.15, -0.1) is 0 Å². The zero-order valence-electron chi connectivity index (χ0n) is 12.8. The molecule has 1 atom stereocenters. The SMILES string of the molecule is CNC(=N)CC(O)c1cccc(OCC2CCCCC2)c1. The van der Waals surface area contributed by atoms with Crippen molar-refractivity contribution in [2.24, 2.45) is 5.92 Å². The quantitative estimate of drug-likeness (QED) is 0.556. The van der Waals surface area contributed by atoms with Crippen molar-refractivity contribution in [2.75, 3.05) is 13.7 Å². The molecule has 1 aromatic rings. The molecular formula is C17H26N2O2. The van der Waals surface area contributed by atoms with Crippen LogP contribution in [-0.4, -0.2) is 24.6 Å². The molecule has 1 fully saturated rings. The third kappa shape index (κ3) is 5.05. The monoisotopic (exact) mass is 290 g/mol. The first-order valence-corrected chi connectivity index (χ1v) is 7.85. The Balaban J connectivity index is 1.89. The summed E-state index contributed by atoms with van der Waals surface area (Å²) in [7, 11) is 1.69. The maximum absolute atomic E-state index is 10.1. The van der Waals surface area contributed by atoms with E-state index in [0.29, 0.717) is 18.2 Å². The van der Waals surface area contributed by atoms with Crippen LogP contribution in [-0.2, 0) is 0 Å². The smallest absolute Gasteiger partial charge is 0.119 e. The number of aliphatic hydroxyl groups is 1. The summed E-state index contributed by atoms with van der Waals surface area (Å²) in [5.74, 6) is 1.81. The topological polar surface area (TPSA) is 65.3 Å². The molecule has 0 heterocycles. The maximum Gasteiger partial charge on any atom is 0.119 e. The maximum atomic E-state index is 10.1. The van der Waals surface area contributed by atoms with Gasteiger partial charge in [-0.05, 0) is 36.5 Å². The molecule has 2 rings (SSSR count). The Hall–Kier alpha value is -1.55. The second-order valence-corrected chi connectivity index (χ2v) is 5.84. The highest BCUT2D eigenvalue weighted by Gasteiger charge is 2.15. The molecule has 4 heteroatoms. The van der Waals surface area contributed by atoms with Crippen LogP contribution in [0.4, 0.5) is 0 Å². The molecule has 0 spiro atoms. The molecule has 0 radical (unpaired) electrons. The van der Waals surface area contributed by atoms with Crippen LogP contribution in [0.1, 0.15) is 50.2 Å². The highest BCUT2D eigenvalue weighted by Crippen LogP contribution is 2.26. The van der Waals surface area contributed by atoms with Gasteiger partial charge in [-0.2, -0.15) is 0 Å². The van der Waals surface area contributed by atoms with Crippen molar-refractivity contribution < 1.29 is 9.84 Å². The second-order valence-electron chi connectivity index (χ2n) is 5.84. The van der Waals surface area contributed by atoms with E-state index in [0.717, 1.165) is 17.9 Å². The molecule has 4 nitrogen and oxygen atoms in total. The summed E-state index contributed by atoms with van der Waals surface area (Å²) in [5.41, 5.74) is 0.802. The molecule has 1 saturated carbocycles. The van der Waals surface area contributed by atoms with E-state index in [-0.39, 0.29) is 0 Å². The second kappa shape index (κ2) is 8.03. The lowest BCUT2D eigenvalue weighted by Crippen LogP contribution is -2.19. The average Bonchev–Trinajstić information content (AvgIpc) is 2.54. The fourth-order valence-electron chi connectivity index (χ4n) is 2.79. The number of rotatable bonds is 6. The number of amidine groups is 1. The van der Waals surface area contributed by atoms with Gasteiger partial charge in [0.1, 0.15) is 5.75 Å². The predicted octanol–water partition coefficient (Wildman–Crippen LogP) is 3.27. The van der Waals surface area contributed by atoms with Crippen LogP contribution in [0.2, 0.25) is 0 Å². The number of benzene rings is 1. The number of nitrogens with one attached hydrogen (secondary N) is 2. The Bertz CT molecular complexity index is 456. The lowest BCUT2D eigenvalue weighted by atomic mass is 9.90. The van der Waals surface area contributed by atoms with E-state index in [4.69, 9.17) is 10.1 Å². The van der Waals surface area contributed by atoms with Crippen molar-refractivity contribution in [1.29, 1.82) is 5.41 Å². The van der Waals surface area contributed by atoms with Crippen LogP contribution < -0.4 is 10.1 Å². The van der Waals surface area contributed by atoms with Crippen LogP contribution >= 0.6 is 0 Å². The Morgan fingerprint density at radius 3 is 2.86 bits per heavy atom. The van der Waals surface area contributed by atoms with E-state index in [2.05, 4.69) is 5.32 Å².